The topological polar surface area (TPSA) is 78.7 Å². The molecule has 4 rings (SSSR count). The maximum atomic E-state index is 13.2. The Hall–Kier alpha value is -2.55. The minimum atomic E-state index is -2.77. The van der Waals surface area contributed by atoms with Crippen molar-refractivity contribution in [3.63, 3.8) is 0 Å². The number of aryl methyl sites for hydroxylation is 1. The fraction of sp³-hybridized carbons (Fsp3) is 0.571. The zero-order chi connectivity index (χ0) is 21.7. The first-order chi connectivity index (χ1) is 14.1. The Labute approximate surface area is 173 Å². The average molecular weight is 419 g/mol. The van der Waals surface area contributed by atoms with Crippen LogP contribution in [0.25, 0.3) is 5.52 Å². The summed E-state index contributed by atoms with van der Waals surface area (Å²) in [5.74, 6) is -3.48. The first-order valence-corrected chi connectivity index (χ1v) is 10.2. The van der Waals surface area contributed by atoms with Crippen LogP contribution in [0.15, 0.2) is 24.5 Å². The summed E-state index contributed by atoms with van der Waals surface area (Å²) in [6, 6.07) is 3.17. The first-order valence-electron chi connectivity index (χ1n) is 10.2. The Morgan fingerprint density at radius 1 is 1.33 bits per heavy atom. The Morgan fingerprint density at radius 2 is 2.07 bits per heavy atom. The number of alkyl halides is 2. The summed E-state index contributed by atoms with van der Waals surface area (Å²) >= 11 is 0. The molecule has 0 radical (unpaired) electrons. The number of piperazine rings is 1. The average Bonchev–Trinajstić information content (AvgIpc) is 3.11. The lowest BCUT2D eigenvalue weighted by molar-refractivity contribution is -0.164. The van der Waals surface area contributed by atoms with Gasteiger partial charge in [-0.05, 0) is 32.4 Å². The molecule has 2 N–H and O–H groups in total. The van der Waals surface area contributed by atoms with Crippen LogP contribution >= 0.6 is 0 Å². The zero-order valence-corrected chi connectivity index (χ0v) is 17.4. The number of hydrogen-bond donors (Lipinski definition) is 2. The predicted molar refractivity (Wildman–Crippen MR) is 107 cm³/mol. The van der Waals surface area contributed by atoms with Gasteiger partial charge >= 0.3 is 0 Å². The van der Waals surface area contributed by atoms with E-state index in [1.165, 1.54) is 4.90 Å². The van der Waals surface area contributed by atoms with Crippen molar-refractivity contribution in [2.45, 2.75) is 51.1 Å². The van der Waals surface area contributed by atoms with Crippen LogP contribution in [0.4, 0.5) is 8.78 Å². The van der Waals surface area contributed by atoms with Gasteiger partial charge in [-0.3, -0.25) is 9.59 Å². The number of aromatic nitrogens is 2. The Kier molecular flexibility index (Phi) is 5.04. The molecule has 1 saturated carbocycles. The van der Waals surface area contributed by atoms with Gasteiger partial charge in [-0.15, -0.1) is 0 Å². The van der Waals surface area contributed by atoms with Gasteiger partial charge in [-0.2, -0.15) is 0 Å². The maximum absolute atomic E-state index is 13.2. The highest BCUT2D eigenvalue weighted by atomic mass is 19.3. The second-order valence-electron chi connectivity index (χ2n) is 8.86. The third kappa shape index (κ3) is 3.66. The molecule has 9 heteroatoms. The van der Waals surface area contributed by atoms with Crippen molar-refractivity contribution in [3.05, 3.63) is 35.9 Å². The van der Waals surface area contributed by atoms with Crippen LogP contribution in [0.5, 0.6) is 0 Å². The molecule has 1 aliphatic heterocycles. The van der Waals surface area contributed by atoms with Gasteiger partial charge in [-0.25, -0.2) is 13.8 Å². The van der Waals surface area contributed by atoms with E-state index in [0.717, 1.165) is 11.1 Å². The minimum absolute atomic E-state index is 0.290. The van der Waals surface area contributed by atoms with E-state index < -0.39 is 36.3 Å². The Balaban J connectivity index is 1.52. The summed E-state index contributed by atoms with van der Waals surface area (Å²) in [4.78, 5) is 31.9. The molecule has 7 nitrogen and oxygen atoms in total. The standard InChI is InChI=1S/C21H27F2N5O2/c1-13-5-4-7-28-15(13)12-25-19(28)20(2,3)26-17(29)16-11-24-6-8-27(16)18(30)14-9-21(22,23)10-14/h4-5,7,12,14,16,24H,6,8-11H2,1-3H3,(H,26,29)/t16-/m1/s1. The summed E-state index contributed by atoms with van der Waals surface area (Å²) in [5.41, 5.74) is 1.23. The number of nitrogens with zero attached hydrogens (tertiary/aromatic N) is 3. The van der Waals surface area contributed by atoms with E-state index in [1.807, 2.05) is 43.5 Å². The lowest BCUT2D eigenvalue weighted by Gasteiger charge is -2.42. The van der Waals surface area contributed by atoms with Gasteiger partial charge in [0.2, 0.25) is 17.7 Å². The van der Waals surface area contributed by atoms with Gasteiger partial charge in [0.1, 0.15) is 11.9 Å². The fourth-order valence-corrected chi connectivity index (χ4v) is 4.34. The van der Waals surface area contributed by atoms with Crippen LogP contribution in [0.3, 0.4) is 0 Å². The molecule has 30 heavy (non-hydrogen) atoms. The Morgan fingerprint density at radius 3 is 2.77 bits per heavy atom. The summed E-state index contributed by atoms with van der Waals surface area (Å²) in [6.07, 6.45) is 2.80. The smallest absolute Gasteiger partial charge is 0.249 e. The van der Waals surface area contributed by atoms with Crippen molar-refractivity contribution in [2.75, 3.05) is 19.6 Å². The fourth-order valence-electron chi connectivity index (χ4n) is 4.34. The van der Waals surface area contributed by atoms with Gasteiger partial charge in [0.05, 0.1) is 17.3 Å². The zero-order valence-electron chi connectivity index (χ0n) is 17.4. The van der Waals surface area contributed by atoms with Crippen LogP contribution in [0.2, 0.25) is 0 Å². The number of rotatable bonds is 4. The predicted octanol–water partition coefficient (Wildman–Crippen LogP) is 1.84. The molecule has 2 aromatic rings. The second-order valence-corrected chi connectivity index (χ2v) is 8.86. The lowest BCUT2D eigenvalue weighted by Crippen LogP contribution is -2.63. The molecule has 3 heterocycles. The van der Waals surface area contributed by atoms with Crippen molar-refractivity contribution in [2.24, 2.45) is 5.92 Å². The first kappa shape index (κ1) is 20.7. The molecular weight excluding hydrogens is 392 g/mol. The van der Waals surface area contributed by atoms with Crippen LogP contribution < -0.4 is 10.6 Å². The molecule has 0 bridgehead atoms. The van der Waals surface area contributed by atoms with E-state index in [0.29, 0.717) is 18.9 Å². The van der Waals surface area contributed by atoms with E-state index in [2.05, 4.69) is 15.6 Å². The minimum Gasteiger partial charge on any atom is -0.342 e. The van der Waals surface area contributed by atoms with Crippen LogP contribution in [0, 0.1) is 12.8 Å². The number of pyridine rings is 1. The highest BCUT2D eigenvalue weighted by molar-refractivity contribution is 5.90. The molecule has 0 spiro atoms. The van der Waals surface area contributed by atoms with Crippen molar-refractivity contribution in [1.82, 2.24) is 24.9 Å². The molecule has 2 aromatic heterocycles. The number of fused-ring (bicyclic) bond motifs is 1. The van der Waals surface area contributed by atoms with Gasteiger partial charge in [0.25, 0.3) is 0 Å². The number of carbonyl (C=O) groups is 2. The van der Waals surface area contributed by atoms with Crippen molar-refractivity contribution < 1.29 is 18.4 Å². The third-order valence-electron chi connectivity index (χ3n) is 6.05. The van der Waals surface area contributed by atoms with Gasteiger partial charge < -0.3 is 19.9 Å². The molecule has 1 saturated heterocycles. The number of imidazole rings is 1. The van der Waals surface area contributed by atoms with E-state index in [-0.39, 0.29) is 18.4 Å². The largest absolute Gasteiger partial charge is 0.342 e. The molecule has 0 aromatic carbocycles. The van der Waals surface area contributed by atoms with Crippen molar-refractivity contribution >= 4 is 17.3 Å². The number of carbonyl (C=O) groups excluding carboxylic acids is 2. The van der Waals surface area contributed by atoms with E-state index >= 15 is 0 Å². The molecule has 2 amide bonds. The number of halogens is 2. The highest BCUT2D eigenvalue weighted by Crippen LogP contribution is 2.43. The van der Waals surface area contributed by atoms with Crippen LogP contribution in [0.1, 0.15) is 38.1 Å². The van der Waals surface area contributed by atoms with Crippen LogP contribution in [-0.4, -0.2) is 57.7 Å². The molecule has 1 atom stereocenters. The molecule has 162 valence electrons. The molecule has 1 aliphatic carbocycles. The Bertz CT molecular complexity index is 979. The second kappa shape index (κ2) is 7.30. The number of nitrogens with one attached hydrogen (secondary N) is 2. The van der Waals surface area contributed by atoms with Gasteiger partial charge in [0, 0.05) is 44.6 Å². The normalized spacial score (nSPS) is 22.0. The van der Waals surface area contributed by atoms with Gasteiger partial charge in [0.15, 0.2) is 0 Å². The summed E-state index contributed by atoms with van der Waals surface area (Å²) < 4.78 is 28.4. The van der Waals surface area contributed by atoms with E-state index in [4.69, 9.17) is 0 Å². The van der Waals surface area contributed by atoms with Crippen molar-refractivity contribution in [1.29, 1.82) is 0 Å². The summed E-state index contributed by atoms with van der Waals surface area (Å²) in [6.45, 7) is 6.86. The summed E-state index contributed by atoms with van der Waals surface area (Å²) in [7, 11) is 0. The third-order valence-corrected chi connectivity index (χ3v) is 6.05. The van der Waals surface area contributed by atoms with Crippen LogP contribution in [-0.2, 0) is 15.1 Å². The summed E-state index contributed by atoms with van der Waals surface area (Å²) in [5, 5.41) is 6.14. The van der Waals surface area contributed by atoms with Crippen molar-refractivity contribution in [3.8, 4) is 0 Å². The lowest BCUT2D eigenvalue weighted by atomic mass is 9.80. The maximum Gasteiger partial charge on any atom is 0.249 e. The van der Waals surface area contributed by atoms with Gasteiger partial charge in [-0.1, -0.05) is 6.07 Å². The molecule has 0 unspecified atom stereocenters. The molecule has 2 fully saturated rings. The number of hydrogen-bond acceptors (Lipinski definition) is 4. The quantitative estimate of drug-likeness (QED) is 0.793. The SMILES string of the molecule is Cc1cccn2c(C(C)(C)NC(=O)[C@H]3CNCCN3C(=O)C3CC(F)(F)C3)ncc12. The number of amides is 2. The highest BCUT2D eigenvalue weighted by Gasteiger charge is 2.51. The van der Waals surface area contributed by atoms with E-state index in [9.17, 15) is 18.4 Å². The van der Waals surface area contributed by atoms with E-state index in [1.54, 1.807) is 6.20 Å². The monoisotopic (exact) mass is 419 g/mol. The molecule has 2 aliphatic rings. The molecular formula is C21H27F2N5O2.